The molecule has 4 nitrogen and oxygen atoms in total. The standard InChI is InChI=1S/C13H13F2N3O/c1-19-13-5-10(14)8(4-11(13)15)9(6-16)12-2-3-17-7-18-12/h2-5,7,9H,6,16H2,1H3. The molecule has 19 heavy (non-hydrogen) atoms. The Morgan fingerprint density at radius 3 is 2.68 bits per heavy atom. The molecule has 100 valence electrons. The molecule has 1 aromatic carbocycles. The van der Waals surface area contributed by atoms with Crippen LogP contribution in [-0.2, 0) is 0 Å². The van der Waals surface area contributed by atoms with Crippen LogP contribution in [-0.4, -0.2) is 23.6 Å². The van der Waals surface area contributed by atoms with Crippen molar-refractivity contribution in [3.05, 3.63) is 53.6 Å². The van der Waals surface area contributed by atoms with Crippen LogP contribution in [0.25, 0.3) is 0 Å². The molecule has 0 amide bonds. The van der Waals surface area contributed by atoms with Crippen LogP contribution in [0.15, 0.2) is 30.7 Å². The normalized spacial score (nSPS) is 12.2. The number of halogens is 2. The summed E-state index contributed by atoms with van der Waals surface area (Å²) in [5.41, 5.74) is 6.34. The second-order valence-corrected chi connectivity index (χ2v) is 3.93. The maximum absolute atomic E-state index is 14.0. The lowest BCUT2D eigenvalue weighted by Crippen LogP contribution is -2.17. The molecule has 2 N–H and O–H groups in total. The summed E-state index contributed by atoms with van der Waals surface area (Å²) in [4.78, 5) is 7.81. The molecule has 2 aromatic rings. The van der Waals surface area contributed by atoms with Crippen LogP contribution in [0.2, 0.25) is 0 Å². The van der Waals surface area contributed by atoms with Crippen molar-refractivity contribution in [3.63, 3.8) is 0 Å². The van der Waals surface area contributed by atoms with Gasteiger partial charge < -0.3 is 10.5 Å². The number of aromatic nitrogens is 2. The van der Waals surface area contributed by atoms with Gasteiger partial charge in [-0.25, -0.2) is 18.7 Å². The lowest BCUT2D eigenvalue weighted by atomic mass is 9.94. The first-order valence-electron chi connectivity index (χ1n) is 5.66. The highest BCUT2D eigenvalue weighted by Crippen LogP contribution is 2.29. The van der Waals surface area contributed by atoms with Crippen molar-refractivity contribution in [3.8, 4) is 5.75 Å². The number of hydrogen-bond acceptors (Lipinski definition) is 4. The van der Waals surface area contributed by atoms with Crippen molar-refractivity contribution in [2.24, 2.45) is 5.73 Å². The fourth-order valence-corrected chi connectivity index (χ4v) is 1.88. The Labute approximate surface area is 109 Å². The summed E-state index contributed by atoms with van der Waals surface area (Å²) >= 11 is 0. The number of rotatable bonds is 4. The van der Waals surface area contributed by atoms with E-state index in [1.54, 1.807) is 6.07 Å². The second kappa shape index (κ2) is 5.71. The predicted octanol–water partition coefficient (Wildman–Crippen LogP) is 1.85. The van der Waals surface area contributed by atoms with Crippen LogP contribution in [0.3, 0.4) is 0 Å². The number of ether oxygens (including phenoxy) is 1. The third-order valence-corrected chi connectivity index (χ3v) is 2.84. The number of methoxy groups -OCH3 is 1. The van der Waals surface area contributed by atoms with Crippen molar-refractivity contribution < 1.29 is 13.5 Å². The highest BCUT2D eigenvalue weighted by Gasteiger charge is 2.20. The van der Waals surface area contributed by atoms with E-state index in [1.165, 1.54) is 19.6 Å². The van der Waals surface area contributed by atoms with E-state index < -0.39 is 17.6 Å². The van der Waals surface area contributed by atoms with E-state index in [0.29, 0.717) is 5.69 Å². The van der Waals surface area contributed by atoms with Crippen molar-refractivity contribution in [1.82, 2.24) is 9.97 Å². The van der Waals surface area contributed by atoms with Crippen molar-refractivity contribution in [1.29, 1.82) is 0 Å². The highest BCUT2D eigenvalue weighted by molar-refractivity contribution is 5.36. The van der Waals surface area contributed by atoms with Gasteiger partial charge in [0.25, 0.3) is 0 Å². The van der Waals surface area contributed by atoms with Crippen molar-refractivity contribution >= 4 is 0 Å². The first-order valence-corrected chi connectivity index (χ1v) is 5.66. The average molecular weight is 265 g/mol. The van der Waals surface area contributed by atoms with Crippen LogP contribution < -0.4 is 10.5 Å². The molecule has 0 aliphatic heterocycles. The van der Waals surface area contributed by atoms with Crippen LogP contribution in [0.5, 0.6) is 5.75 Å². The largest absolute Gasteiger partial charge is 0.494 e. The zero-order valence-corrected chi connectivity index (χ0v) is 10.3. The smallest absolute Gasteiger partial charge is 0.165 e. The van der Waals surface area contributed by atoms with Gasteiger partial charge in [0.2, 0.25) is 0 Å². The predicted molar refractivity (Wildman–Crippen MR) is 65.8 cm³/mol. The number of hydrogen-bond donors (Lipinski definition) is 1. The van der Waals surface area contributed by atoms with E-state index in [4.69, 9.17) is 10.5 Å². The van der Waals surface area contributed by atoms with Crippen LogP contribution >= 0.6 is 0 Å². The van der Waals surface area contributed by atoms with Crippen LogP contribution in [0, 0.1) is 11.6 Å². The fraction of sp³-hybridized carbons (Fsp3) is 0.231. The Morgan fingerprint density at radius 2 is 2.11 bits per heavy atom. The first kappa shape index (κ1) is 13.4. The number of nitrogens with zero attached hydrogens (tertiary/aromatic N) is 2. The van der Waals surface area contributed by atoms with Gasteiger partial charge in [0.05, 0.1) is 12.8 Å². The molecule has 0 saturated carbocycles. The SMILES string of the molecule is COc1cc(F)c(C(CN)c2ccncn2)cc1F. The van der Waals surface area contributed by atoms with Crippen molar-refractivity contribution in [2.75, 3.05) is 13.7 Å². The summed E-state index contributed by atoms with van der Waals surface area (Å²) in [7, 11) is 1.28. The molecule has 0 radical (unpaired) electrons. The van der Waals surface area contributed by atoms with E-state index in [2.05, 4.69) is 9.97 Å². The molecule has 6 heteroatoms. The van der Waals surface area contributed by atoms with Gasteiger partial charge in [0, 0.05) is 30.3 Å². The molecule has 2 rings (SSSR count). The molecule has 0 bridgehead atoms. The average Bonchev–Trinajstić information content (AvgIpc) is 2.44. The third kappa shape index (κ3) is 2.68. The molecule has 0 aliphatic carbocycles. The van der Waals surface area contributed by atoms with Crippen LogP contribution in [0.4, 0.5) is 8.78 Å². The highest BCUT2D eigenvalue weighted by atomic mass is 19.1. The zero-order chi connectivity index (χ0) is 13.8. The Morgan fingerprint density at radius 1 is 1.32 bits per heavy atom. The second-order valence-electron chi connectivity index (χ2n) is 3.93. The van der Waals surface area contributed by atoms with E-state index in [-0.39, 0.29) is 17.9 Å². The Bertz CT molecular complexity index is 563. The minimum absolute atomic E-state index is 0.111. The summed E-state index contributed by atoms with van der Waals surface area (Å²) in [5.74, 6) is -1.87. The quantitative estimate of drug-likeness (QED) is 0.916. The van der Waals surface area contributed by atoms with Gasteiger partial charge in [-0.15, -0.1) is 0 Å². The zero-order valence-electron chi connectivity index (χ0n) is 10.3. The maximum atomic E-state index is 14.0. The van der Waals surface area contributed by atoms with Gasteiger partial charge in [-0.2, -0.15) is 0 Å². The molecule has 0 saturated heterocycles. The van der Waals surface area contributed by atoms with Gasteiger partial charge in [0.1, 0.15) is 12.1 Å². The third-order valence-electron chi connectivity index (χ3n) is 2.84. The minimum Gasteiger partial charge on any atom is -0.494 e. The topological polar surface area (TPSA) is 61.0 Å². The number of nitrogens with two attached hydrogens (primary N) is 1. The molecule has 1 atom stereocenters. The van der Waals surface area contributed by atoms with E-state index in [1.807, 2.05) is 0 Å². The van der Waals surface area contributed by atoms with Gasteiger partial charge in [-0.1, -0.05) is 0 Å². The fourth-order valence-electron chi connectivity index (χ4n) is 1.88. The van der Waals surface area contributed by atoms with Gasteiger partial charge in [-0.05, 0) is 12.1 Å². The summed E-state index contributed by atoms with van der Waals surface area (Å²) in [6.45, 7) is 0.111. The summed E-state index contributed by atoms with van der Waals surface area (Å²) in [6, 6.07) is 3.72. The molecule has 0 fully saturated rings. The summed E-state index contributed by atoms with van der Waals surface area (Å²) < 4.78 is 32.4. The summed E-state index contributed by atoms with van der Waals surface area (Å²) in [5, 5.41) is 0. The molecule has 0 spiro atoms. The molecular weight excluding hydrogens is 252 g/mol. The Balaban J connectivity index is 2.47. The lowest BCUT2D eigenvalue weighted by molar-refractivity contribution is 0.381. The van der Waals surface area contributed by atoms with Crippen molar-refractivity contribution in [2.45, 2.75) is 5.92 Å². The summed E-state index contributed by atoms with van der Waals surface area (Å²) in [6.07, 6.45) is 2.87. The van der Waals surface area contributed by atoms with Gasteiger partial charge >= 0.3 is 0 Å². The molecular formula is C13H13F2N3O. The first-order chi connectivity index (χ1) is 9.17. The van der Waals surface area contributed by atoms with Gasteiger partial charge in [-0.3, -0.25) is 0 Å². The minimum atomic E-state index is -0.633. The van der Waals surface area contributed by atoms with Crippen LogP contribution in [0.1, 0.15) is 17.2 Å². The van der Waals surface area contributed by atoms with E-state index in [0.717, 1.165) is 12.1 Å². The van der Waals surface area contributed by atoms with E-state index in [9.17, 15) is 8.78 Å². The monoisotopic (exact) mass is 265 g/mol. The Kier molecular flexibility index (Phi) is 4.01. The van der Waals surface area contributed by atoms with E-state index >= 15 is 0 Å². The Hall–Kier alpha value is -2.08. The molecule has 1 heterocycles. The lowest BCUT2D eigenvalue weighted by Gasteiger charge is -2.16. The molecule has 1 unspecified atom stereocenters. The van der Waals surface area contributed by atoms with Gasteiger partial charge in [0.15, 0.2) is 11.6 Å². The number of benzene rings is 1. The molecule has 0 aliphatic rings. The maximum Gasteiger partial charge on any atom is 0.165 e. The molecule has 1 aromatic heterocycles.